The Morgan fingerprint density at radius 2 is 2.14 bits per heavy atom. The van der Waals surface area contributed by atoms with Crippen molar-refractivity contribution in [2.24, 2.45) is 17.3 Å². The third kappa shape index (κ3) is 1.52. The molecule has 1 heteroatoms. The van der Waals surface area contributed by atoms with Crippen LogP contribution in [0.3, 0.4) is 0 Å². The molecule has 1 saturated carbocycles. The summed E-state index contributed by atoms with van der Waals surface area (Å²) in [6, 6.07) is 0. The van der Waals surface area contributed by atoms with E-state index in [0.29, 0.717) is 10.8 Å². The van der Waals surface area contributed by atoms with Crippen molar-refractivity contribution in [2.75, 3.05) is 0 Å². The minimum atomic E-state index is 0.398. The number of alkyl halides is 1. The highest BCUT2D eigenvalue weighted by molar-refractivity contribution is 6.20. The van der Waals surface area contributed by atoms with Crippen LogP contribution in [0, 0.1) is 17.3 Å². The zero-order valence-electron chi connectivity index (χ0n) is 9.52. The highest BCUT2D eigenvalue weighted by Crippen LogP contribution is 2.52. The van der Waals surface area contributed by atoms with Crippen LogP contribution >= 0.6 is 11.6 Å². The Kier molecular flexibility index (Phi) is 2.68. The van der Waals surface area contributed by atoms with E-state index in [-0.39, 0.29) is 0 Å². The van der Waals surface area contributed by atoms with Gasteiger partial charge in [-0.3, -0.25) is 0 Å². The molecule has 0 N–H and O–H groups in total. The van der Waals surface area contributed by atoms with Crippen LogP contribution in [0.15, 0.2) is 11.6 Å². The monoisotopic (exact) mass is 212 g/mol. The Morgan fingerprint density at radius 3 is 2.86 bits per heavy atom. The standard InChI is InChI=1S/C13H21Cl/c1-9-4-5-11-8-12(14)6-7-13(11,3)10(9)2/h5,9-10,12H,4,6-8H2,1-3H3/t9-,10-,12+,13-/m1/s1. The van der Waals surface area contributed by atoms with Crippen molar-refractivity contribution in [1.29, 1.82) is 0 Å². The number of rotatable bonds is 0. The fourth-order valence-corrected chi connectivity index (χ4v) is 3.46. The molecule has 2 aliphatic rings. The molecule has 0 saturated heterocycles. The number of halogens is 1. The van der Waals surface area contributed by atoms with Gasteiger partial charge in [0.2, 0.25) is 0 Å². The topological polar surface area (TPSA) is 0 Å². The lowest BCUT2D eigenvalue weighted by Crippen LogP contribution is -2.39. The molecule has 0 aromatic heterocycles. The zero-order valence-corrected chi connectivity index (χ0v) is 10.3. The first kappa shape index (κ1) is 10.5. The number of fused-ring (bicyclic) bond motifs is 1. The maximum Gasteiger partial charge on any atom is 0.0373 e. The van der Waals surface area contributed by atoms with Crippen LogP contribution in [-0.4, -0.2) is 5.38 Å². The smallest absolute Gasteiger partial charge is 0.0373 e. The van der Waals surface area contributed by atoms with Gasteiger partial charge in [0.25, 0.3) is 0 Å². The SMILES string of the molecule is C[C@@H]1CC=C2C[C@@H](Cl)CC[C@]2(C)[C@@H]1C. The van der Waals surface area contributed by atoms with E-state index in [9.17, 15) is 0 Å². The van der Waals surface area contributed by atoms with Gasteiger partial charge < -0.3 is 0 Å². The quantitative estimate of drug-likeness (QED) is 0.413. The van der Waals surface area contributed by atoms with Crippen LogP contribution in [0.1, 0.15) is 46.5 Å². The Bertz CT molecular complexity index is 256. The second-order valence-corrected chi connectivity index (χ2v) is 6.11. The van der Waals surface area contributed by atoms with E-state index in [1.807, 2.05) is 0 Å². The molecule has 14 heavy (non-hydrogen) atoms. The highest BCUT2D eigenvalue weighted by atomic mass is 35.5. The molecular formula is C13H21Cl. The van der Waals surface area contributed by atoms with Gasteiger partial charge in [0.15, 0.2) is 0 Å². The first-order valence-electron chi connectivity index (χ1n) is 5.87. The van der Waals surface area contributed by atoms with E-state index in [4.69, 9.17) is 11.6 Å². The summed E-state index contributed by atoms with van der Waals surface area (Å²) in [7, 11) is 0. The van der Waals surface area contributed by atoms with Crippen LogP contribution in [0.25, 0.3) is 0 Å². The Hall–Kier alpha value is 0.0300. The van der Waals surface area contributed by atoms with Gasteiger partial charge in [-0.2, -0.15) is 0 Å². The molecule has 1 fully saturated rings. The predicted octanol–water partition coefficient (Wildman–Crippen LogP) is 4.39. The molecule has 0 bridgehead atoms. The van der Waals surface area contributed by atoms with E-state index in [0.717, 1.165) is 18.3 Å². The van der Waals surface area contributed by atoms with Crippen molar-refractivity contribution in [2.45, 2.75) is 51.8 Å². The first-order chi connectivity index (χ1) is 6.54. The molecule has 4 atom stereocenters. The third-order valence-electron chi connectivity index (χ3n) is 4.75. The Morgan fingerprint density at radius 1 is 1.43 bits per heavy atom. The molecule has 0 radical (unpaired) electrons. The Labute approximate surface area is 92.7 Å². The molecule has 0 heterocycles. The normalized spacial score (nSPS) is 48.3. The van der Waals surface area contributed by atoms with Gasteiger partial charge in [0.05, 0.1) is 0 Å². The first-order valence-corrected chi connectivity index (χ1v) is 6.31. The summed E-state index contributed by atoms with van der Waals surface area (Å²) < 4.78 is 0. The molecule has 0 amide bonds. The molecule has 80 valence electrons. The van der Waals surface area contributed by atoms with Crippen molar-refractivity contribution < 1.29 is 0 Å². The summed E-state index contributed by atoms with van der Waals surface area (Å²) in [5.74, 6) is 1.67. The van der Waals surface area contributed by atoms with Crippen molar-refractivity contribution in [3.05, 3.63) is 11.6 Å². The number of hydrogen-bond acceptors (Lipinski definition) is 0. The Balaban J connectivity index is 2.28. The van der Waals surface area contributed by atoms with Gasteiger partial charge in [-0.15, -0.1) is 11.6 Å². The lowest BCUT2D eigenvalue weighted by atomic mass is 9.58. The molecule has 0 nitrogen and oxygen atoms in total. The van der Waals surface area contributed by atoms with Crippen LogP contribution in [0.4, 0.5) is 0 Å². The lowest BCUT2D eigenvalue weighted by molar-refractivity contribution is 0.134. The second-order valence-electron chi connectivity index (χ2n) is 5.49. The zero-order chi connectivity index (χ0) is 10.3. The van der Waals surface area contributed by atoms with Crippen molar-refractivity contribution in [3.63, 3.8) is 0 Å². The number of allylic oxidation sites excluding steroid dienone is 2. The largest absolute Gasteiger partial charge is 0.123 e. The van der Waals surface area contributed by atoms with Crippen LogP contribution in [0.5, 0.6) is 0 Å². The van der Waals surface area contributed by atoms with Gasteiger partial charge >= 0.3 is 0 Å². The van der Waals surface area contributed by atoms with Gasteiger partial charge in [0, 0.05) is 5.38 Å². The summed E-state index contributed by atoms with van der Waals surface area (Å²) in [5, 5.41) is 0.398. The van der Waals surface area contributed by atoms with Crippen molar-refractivity contribution in [3.8, 4) is 0 Å². The summed E-state index contributed by atoms with van der Waals surface area (Å²) in [4.78, 5) is 0. The molecule has 0 unspecified atom stereocenters. The molecule has 0 aromatic rings. The van der Waals surface area contributed by atoms with Gasteiger partial charge in [-0.1, -0.05) is 32.4 Å². The maximum absolute atomic E-state index is 6.24. The molecule has 0 aromatic carbocycles. The average molecular weight is 213 g/mol. The lowest BCUT2D eigenvalue weighted by Gasteiger charge is -2.48. The van der Waals surface area contributed by atoms with Crippen LogP contribution in [0.2, 0.25) is 0 Å². The van der Waals surface area contributed by atoms with E-state index in [2.05, 4.69) is 26.8 Å². The van der Waals surface area contributed by atoms with Crippen LogP contribution < -0.4 is 0 Å². The molecular weight excluding hydrogens is 192 g/mol. The average Bonchev–Trinajstić information content (AvgIpc) is 2.16. The highest BCUT2D eigenvalue weighted by Gasteiger charge is 2.42. The van der Waals surface area contributed by atoms with E-state index < -0.39 is 0 Å². The number of hydrogen-bond donors (Lipinski definition) is 0. The van der Waals surface area contributed by atoms with Gasteiger partial charge in [-0.05, 0) is 42.9 Å². The summed E-state index contributed by atoms with van der Waals surface area (Å²) in [6.45, 7) is 7.25. The second kappa shape index (κ2) is 3.56. The van der Waals surface area contributed by atoms with Crippen molar-refractivity contribution >= 4 is 11.6 Å². The van der Waals surface area contributed by atoms with Gasteiger partial charge in [0.1, 0.15) is 0 Å². The van der Waals surface area contributed by atoms with Crippen molar-refractivity contribution in [1.82, 2.24) is 0 Å². The van der Waals surface area contributed by atoms with Crippen LogP contribution in [-0.2, 0) is 0 Å². The molecule has 0 aliphatic heterocycles. The molecule has 2 aliphatic carbocycles. The fraction of sp³-hybridized carbons (Fsp3) is 0.846. The molecule has 2 rings (SSSR count). The summed E-state index contributed by atoms with van der Waals surface area (Å²) in [6.07, 6.45) is 7.36. The minimum Gasteiger partial charge on any atom is -0.123 e. The summed E-state index contributed by atoms with van der Waals surface area (Å²) >= 11 is 6.24. The fourth-order valence-electron chi connectivity index (χ4n) is 3.19. The third-order valence-corrected chi connectivity index (χ3v) is 5.12. The van der Waals surface area contributed by atoms with E-state index in [1.165, 1.54) is 19.3 Å². The van der Waals surface area contributed by atoms with E-state index in [1.54, 1.807) is 5.57 Å². The summed E-state index contributed by atoms with van der Waals surface area (Å²) in [5.41, 5.74) is 2.11. The van der Waals surface area contributed by atoms with E-state index >= 15 is 0 Å². The minimum absolute atomic E-state index is 0.398. The predicted molar refractivity (Wildman–Crippen MR) is 62.6 cm³/mol. The van der Waals surface area contributed by atoms with Gasteiger partial charge in [-0.25, -0.2) is 0 Å². The maximum atomic E-state index is 6.24. The molecule has 0 spiro atoms.